The molecule has 0 spiro atoms. The first-order valence-corrected chi connectivity index (χ1v) is 5.92. The molecule has 0 aliphatic rings. The molecule has 1 heterocycles. The van der Waals surface area contributed by atoms with Crippen LogP contribution in [0.1, 0.15) is 12.5 Å². The van der Waals surface area contributed by atoms with Crippen molar-refractivity contribution in [1.29, 1.82) is 0 Å². The van der Waals surface area contributed by atoms with E-state index in [0.717, 1.165) is 11.9 Å². The highest BCUT2D eigenvalue weighted by Crippen LogP contribution is 2.17. The van der Waals surface area contributed by atoms with Crippen molar-refractivity contribution in [2.24, 2.45) is 0 Å². The third-order valence-electron chi connectivity index (χ3n) is 2.68. The van der Waals surface area contributed by atoms with Crippen molar-refractivity contribution in [2.45, 2.75) is 13.3 Å². The quantitative estimate of drug-likeness (QED) is 0.759. The second kappa shape index (κ2) is 5.40. The van der Waals surface area contributed by atoms with Gasteiger partial charge in [0.25, 0.3) is 0 Å². The molecule has 2 rings (SSSR count). The molecule has 2 aromatic rings. The van der Waals surface area contributed by atoms with Crippen LogP contribution in [0.4, 0.5) is 4.79 Å². The number of hydrogen-bond donors (Lipinski definition) is 3. The van der Waals surface area contributed by atoms with Crippen LogP contribution >= 0.6 is 0 Å². The normalized spacial score (nSPS) is 10.3. The molecule has 0 atom stereocenters. The molecular formula is C14H17N3O. The van der Waals surface area contributed by atoms with Crippen molar-refractivity contribution in [3.8, 4) is 0 Å². The summed E-state index contributed by atoms with van der Waals surface area (Å²) >= 11 is 0. The molecule has 1 aromatic carbocycles. The third-order valence-corrected chi connectivity index (χ3v) is 2.68. The maximum atomic E-state index is 11.4. The molecule has 4 nitrogen and oxygen atoms in total. The summed E-state index contributed by atoms with van der Waals surface area (Å²) in [6, 6.07) is 7.93. The van der Waals surface area contributed by atoms with E-state index < -0.39 is 0 Å². The SMILES string of the molecule is C=C(C)NC(=O)NCCc1c[nH]c2ccccc12. The average Bonchev–Trinajstić information content (AvgIpc) is 2.72. The molecule has 1 aromatic heterocycles. The molecule has 0 aliphatic carbocycles. The summed E-state index contributed by atoms with van der Waals surface area (Å²) in [6.45, 7) is 5.96. The van der Waals surface area contributed by atoms with Crippen LogP contribution in [0.15, 0.2) is 42.7 Å². The molecule has 2 amide bonds. The summed E-state index contributed by atoms with van der Waals surface area (Å²) in [6.07, 6.45) is 2.79. The standard InChI is InChI=1S/C14H17N3O/c1-10(2)17-14(18)15-8-7-11-9-16-13-6-4-3-5-12(11)13/h3-6,9,16H,1,7-8H2,2H3,(H2,15,17,18). The molecule has 0 bridgehead atoms. The average molecular weight is 243 g/mol. The summed E-state index contributed by atoms with van der Waals surface area (Å²) in [5.41, 5.74) is 2.97. The summed E-state index contributed by atoms with van der Waals surface area (Å²) in [7, 11) is 0. The van der Waals surface area contributed by atoms with Crippen molar-refractivity contribution < 1.29 is 4.79 Å². The number of para-hydroxylation sites is 1. The maximum absolute atomic E-state index is 11.4. The van der Waals surface area contributed by atoms with Gasteiger partial charge in [0.05, 0.1) is 0 Å². The summed E-state index contributed by atoms with van der Waals surface area (Å²) in [5.74, 6) is 0. The number of aromatic nitrogens is 1. The van der Waals surface area contributed by atoms with E-state index in [0.29, 0.717) is 12.2 Å². The number of carbonyl (C=O) groups excluding carboxylic acids is 1. The first kappa shape index (κ1) is 12.2. The number of benzene rings is 1. The van der Waals surface area contributed by atoms with Crippen LogP contribution in [0.2, 0.25) is 0 Å². The smallest absolute Gasteiger partial charge is 0.318 e. The largest absolute Gasteiger partial charge is 0.361 e. The van der Waals surface area contributed by atoms with E-state index in [1.165, 1.54) is 10.9 Å². The van der Waals surface area contributed by atoms with E-state index in [-0.39, 0.29) is 6.03 Å². The monoisotopic (exact) mass is 243 g/mol. The van der Waals surface area contributed by atoms with Crippen LogP contribution in [-0.2, 0) is 6.42 Å². The summed E-state index contributed by atoms with van der Waals surface area (Å²) < 4.78 is 0. The summed E-state index contributed by atoms with van der Waals surface area (Å²) in [5, 5.41) is 6.61. The predicted molar refractivity (Wildman–Crippen MR) is 73.4 cm³/mol. The zero-order valence-electron chi connectivity index (χ0n) is 10.4. The number of carbonyl (C=O) groups is 1. The highest BCUT2D eigenvalue weighted by Gasteiger charge is 2.03. The first-order valence-electron chi connectivity index (χ1n) is 5.92. The number of rotatable bonds is 4. The lowest BCUT2D eigenvalue weighted by Crippen LogP contribution is -2.35. The van der Waals surface area contributed by atoms with Crippen LogP contribution in [-0.4, -0.2) is 17.6 Å². The van der Waals surface area contributed by atoms with Gasteiger partial charge >= 0.3 is 6.03 Å². The molecule has 94 valence electrons. The first-order chi connectivity index (χ1) is 8.66. The van der Waals surface area contributed by atoms with Crippen LogP contribution in [0.5, 0.6) is 0 Å². The Balaban J connectivity index is 1.91. The van der Waals surface area contributed by atoms with Crippen LogP contribution in [0.25, 0.3) is 10.9 Å². The highest BCUT2D eigenvalue weighted by molar-refractivity contribution is 5.83. The Morgan fingerprint density at radius 2 is 2.17 bits per heavy atom. The zero-order chi connectivity index (χ0) is 13.0. The fourth-order valence-corrected chi connectivity index (χ4v) is 1.89. The van der Waals surface area contributed by atoms with Gasteiger partial charge in [-0.1, -0.05) is 24.8 Å². The molecule has 3 N–H and O–H groups in total. The molecule has 0 unspecified atom stereocenters. The second-order valence-corrected chi connectivity index (χ2v) is 4.27. The van der Waals surface area contributed by atoms with Gasteiger partial charge in [0.2, 0.25) is 0 Å². The fraction of sp³-hybridized carbons (Fsp3) is 0.214. The van der Waals surface area contributed by atoms with Gasteiger partial charge in [-0.15, -0.1) is 0 Å². The van der Waals surface area contributed by atoms with Crippen molar-refractivity contribution in [1.82, 2.24) is 15.6 Å². The zero-order valence-corrected chi connectivity index (χ0v) is 10.4. The molecule has 0 aliphatic heterocycles. The lowest BCUT2D eigenvalue weighted by Gasteiger charge is -2.06. The van der Waals surface area contributed by atoms with Crippen molar-refractivity contribution in [3.63, 3.8) is 0 Å². The molecule has 0 radical (unpaired) electrons. The molecule has 18 heavy (non-hydrogen) atoms. The van der Waals surface area contributed by atoms with Gasteiger partial charge in [-0.05, 0) is 25.0 Å². The maximum Gasteiger partial charge on any atom is 0.318 e. The van der Waals surface area contributed by atoms with Gasteiger partial charge in [0.15, 0.2) is 0 Å². The van der Waals surface area contributed by atoms with Gasteiger partial charge in [-0.3, -0.25) is 0 Å². The number of urea groups is 1. The Morgan fingerprint density at radius 3 is 2.94 bits per heavy atom. The van der Waals surface area contributed by atoms with Gasteiger partial charge in [-0.25, -0.2) is 4.79 Å². The Labute approximate surface area is 106 Å². The van der Waals surface area contributed by atoms with E-state index in [9.17, 15) is 4.79 Å². The Morgan fingerprint density at radius 1 is 1.39 bits per heavy atom. The third kappa shape index (κ3) is 2.91. The van der Waals surface area contributed by atoms with Gasteiger partial charge in [0.1, 0.15) is 0 Å². The van der Waals surface area contributed by atoms with E-state index >= 15 is 0 Å². The number of amides is 2. The van der Waals surface area contributed by atoms with Gasteiger partial charge < -0.3 is 15.6 Å². The van der Waals surface area contributed by atoms with Crippen molar-refractivity contribution >= 4 is 16.9 Å². The van der Waals surface area contributed by atoms with Crippen LogP contribution in [0, 0.1) is 0 Å². The van der Waals surface area contributed by atoms with Crippen LogP contribution < -0.4 is 10.6 Å². The number of H-pyrrole nitrogens is 1. The molecular weight excluding hydrogens is 226 g/mol. The van der Waals surface area contributed by atoms with Crippen molar-refractivity contribution in [3.05, 3.63) is 48.3 Å². The molecule has 0 fully saturated rings. The molecule has 4 heteroatoms. The van der Waals surface area contributed by atoms with E-state index in [1.54, 1.807) is 6.92 Å². The predicted octanol–water partition coefficient (Wildman–Crippen LogP) is 2.54. The number of hydrogen-bond acceptors (Lipinski definition) is 1. The highest BCUT2D eigenvalue weighted by atomic mass is 16.2. The fourth-order valence-electron chi connectivity index (χ4n) is 1.89. The minimum Gasteiger partial charge on any atom is -0.361 e. The topological polar surface area (TPSA) is 56.9 Å². The summed E-state index contributed by atoms with van der Waals surface area (Å²) in [4.78, 5) is 14.6. The lowest BCUT2D eigenvalue weighted by atomic mass is 10.1. The van der Waals surface area contributed by atoms with Gasteiger partial charge in [0, 0.05) is 29.3 Å². The van der Waals surface area contributed by atoms with E-state index in [2.05, 4.69) is 28.3 Å². The van der Waals surface area contributed by atoms with E-state index in [4.69, 9.17) is 0 Å². The minimum atomic E-state index is -0.206. The lowest BCUT2D eigenvalue weighted by molar-refractivity contribution is 0.243. The molecule has 0 saturated carbocycles. The Bertz CT molecular complexity index is 571. The Kier molecular flexibility index (Phi) is 3.67. The number of fused-ring (bicyclic) bond motifs is 1. The minimum absolute atomic E-state index is 0.206. The Hall–Kier alpha value is -2.23. The second-order valence-electron chi connectivity index (χ2n) is 4.27. The van der Waals surface area contributed by atoms with E-state index in [1.807, 2.05) is 24.4 Å². The number of nitrogens with one attached hydrogen (secondary N) is 3. The van der Waals surface area contributed by atoms with Crippen molar-refractivity contribution in [2.75, 3.05) is 6.54 Å². The number of aromatic amines is 1. The van der Waals surface area contributed by atoms with Crippen LogP contribution in [0.3, 0.4) is 0 Å². The molecule has 0 saturated heterocycles. The van der Waals surface area contributed by atoms with Gasteiger partial charge in [-0.2, -0.15) is 0 Å². The number of allylic oxidation sites excluding steroid dienone is 1.